The molecule has 0 N–H and O–H groups in total. The van der Waals surface area contributed by atoms with Gasteiger partial charge in [-0.05, 0) is 0 Å². The molecule has 0 aliphatic carbocycles. The fourth-order valence-corrected chi connectivity index (χ4v) is 1.31. The van der Waals surface area contributed by atoms with Crippen LogP contribution < -0.4 is 0 Å². The van der Waals surface area contributed by atoms with E-state index in [-0.39, 0.29) is 6.10 Å². The molecule has 0 amide bonds. The normalized spacial score (nSPS) is 12.0. The molecule has 0 rings (SSSR count). The summed E-state index contributed by atoms with van der Waals surface area (Å²) in [4.78, 5) is 0. The topological polar surface area (TPSA) is 9.23 Å². The molecule has 0 aliphatic heterocycles. The summed E-state index contributed by atoms with van der Waals surface area (Å²) in [5, 5.41) is 0. The van der Waals surface area contributed by atoms with E-state index in [0.29, 0.717) is 0 Å². The molecule has 0 bridgehead atoms. The maximum absolute atomic E-state index is 5.70. The van der Waals surface area contributed by atoms with Crippen LogP contribution in [0, 0.1) is 10.5 Å². The summed E-state index contributed by atoms with van der Waals surface area (Å²) < 4.78 is 8.64. The van der Waals surface area contributed by atoms with E-state index in [4.69, 9.17) is 4.74 Å². The van der Waals surface area contributed by atoms with E-state index in [0.717, 1.165) is 19.4 Å². The molecular formula is C12H21LiO. The zero-order valence-electron chi connectivity index (χ0n) is 9.94. The number of ether oxygens (including phenoxy) is 1. The van der Waals surface area contributed by atoms with E-state index in [1.54, 1.807) is 0 Å². The van der Waals surface area contributed by atoms with Crippen LogP contribution in [-0.4, -0.2) is 30.4 Å². The van der Waals surface area contributed by atoms with Crippen molar-refractivity contribution >= 4 is 17.7 Å². The Balaban J connectivity index is 3.59. The van der Waals surface area contributed by atoms with Crippen LogP contribution in [0.3, 0.4) is 0 Å². The Kier molecular flexibility index (Phi) is 11.3. The molecule has 0 spiro atoms. The van der Waals surface area contributed by atoms with Crippen LogP contribution in [0.1, 0.15) is 52.4 Å². The Morgan fingerprint density at radius 3 is 2.43 bits per heavy atom. The molecule has 0 aromatic carbocycles. The molecule has 1 nitrogen and oxygen atoms in total. The standard InChI is InChI=1S/C12H21O.Li/c1-4-7-9-10-12(6-3)13-11-8-5-2;/h12H,4-5,7-11H2,1-2H3;. The second-order valence-corrected chi connectivity index (χ2v) is 3.60. The molecule has 0 heterocycles. The first-order valence-electron chi connectivity index (χ1n) is 5.89. The molecule has 0 saturated carbocycles. The minimum absolute atomic E-state index is 0.179. The second kappa shape index (κ2) is 11.2. The third kappa shape index (κ3) is 8.70. The molecule has 0 saturated heterocycles. The van der Waals surface area contributed by atoms with E-state index in [2.05, 4.69) is 24.4 Å². The van der Waals surface area contributed by atoms with Crippen molar-refractivity contribution in [3.05, 3.63) is 0 Å². The first-order chi connectivity index (χ1) is 6.85. The summed E-state index contributed by atoms with van der Waals surface area (Å²) >= 11 is 1.88. The predicted octanol–water partition coefficient (Wildman–Crippen LogP) is 2.88. The quantitative estimate of drug-likeness (QED) is 0.323. The molecule has 2 heteroatoms. The SMILES string of the molecule is [Li][C]#CC(CCCCC)OCCCC. The molecule has 76 valence electrons. The number of hydrogen-bond acceptors (Lipinski definition) is 1. The van der Waals surface area contributed by atoms with Gasteiger partial charge in [0.2, 0.25) is 0 Å². The first-order valence-corrected chi connectivity index (χ1v) is 5.89. The second-order valence-electron chi connectivity index (χ2n) is 3.60. The van der Waals surface area contributed by atoms with Crippen molar-refractivity contribution in [2.24, 2.45) is 0 Å². The van der Waals surface area contributed by atoms with Crippen molar-refractivity contribution in [2.45, 2.75) is 58.5 Å². The van der Waals surface area contributed by atoms with Gasteiger partial charge >= 0.3 is 98.0 Å². The Morgan fingerprint density at radius 2 is 1.86 bits per heavy atom. The Hall–Kier alpha value is 0.117. The van der Waals surface area contributed by atoms with Gasteiger partial charge in [-0.25, -0.2) is 0 Å². The minimum atomic E-state index is 0.179. The van der Waals surface area contributed by atoms with Gasteiger partial charge in [-0.2, -0.15) is 0 Å². The van der Waals surface area contributed by atoms with Crippen molar-refractivity contribution in [2.75, 3.05) is 6.61 Å². The van der Waals surface area contributed by atoms with E-state index in [9.17, 15) is 0 Å². The van der Waals surface area contributed by atoms with Crippen LogP contribution in [0.15, 0.2) is 0 Å². The third-order valence-corrected chi connectivity index (χ3v) is 2.19. The number of hydrogen-bond donors (Lipinski definition) is 0. The summed E-state index contributed by atoms with van der Waals surface area (Å²) in [7, 11) is 0. The van der Waals surface area contributed by atoms with Gasteiger partial charge in [-0.3, -0.25) is 0 Å². The third-order valence-electron chi connectivity index (χ3n) is 2.19. The van der Waals surface area contributed by atoms with E-state index >= 15 is 0 Å². The van der Waals surface area contributed by atoms with Crippen molar-refractivity contribution in [1.29, 1.82) is 0 Å². The first kappa shape index (κ1) is 14.1. The van der Waals surface area contributed by atoms with Crippen LogP contribution in [0.5, 0.6) is 0 Å². The van der Waals surface area contributed by atoms with Crippen molar-refractivity contribution in [3.63, 3.8) is 0 Å². The van der Waals surface area contributed by atoms with Crippen molar-refractivity contribution in [3.8, 4) is 10.5 Å². The van der Waals surface area contributed by atoms with Crippen LogP contribution in [0.25, 0.3) is 0 Å². The van der Waals surface area contributed by atoms with Gasteiger partial charge in [-0.1, -0.05) is 0 Å². The number of unbranched alkanes of at least 4 members (excludes halogenated alkanes) is 3. The Morgan fingerprint density at radius 1 is 1.14 bits per heavy atom. The van der Waals surface area contributed by atoms with Crippen molar-refractivity contribution < 1.29 is 4.74 Å². The maximum atomic E-state index is 5.70. The molecule has 14 heavy (non-hydrogen) atoms. The van der Waals surface area contributed by atoms with Gasteiger partial charge in [0.25, 0.3) is 0 Å². The van der Waals surface area contributed by atoms with Gasteiger partial charge in [0.15, 0.2) is 0 Å². The molecule has 0 radical (unpaired) electrons. The fourth-order valence-electron chi connectivity index (χ4n) is 1.31. The van der Waals surface area contributed by atoms with Crippen LogP contribution in [-0.2, 0) is 4.74 Å². The summed E-state index contributed by atoms with van der Waals surface area (Å²) in [5.74, 6) is 3.13. The Labute approximate surface area is 98.2 Å². The molecule has 0 fully saturated rings. The molecule has 1 atom stereocenters. The molecule has 1 unspecified atom stereocenters. The average molecular weight is 188 g/mol. The molecule has 0 aliphatic rings. The van der Waals surface area contributed by atoms with E-state index in [1.807, 2.05) is 17.7 Å². The average Bonchev–Trinajstić information content (AvgIpc) is 2.18. The summed E-state index contributed by atoms with van der Waals surface area (Å²) in [6, 6.07) is 0. The van der Waals surface area contributed by atoms with Crippen molar-refractivity contribution in [1.82, 2.24) is 0 Å². The van der Waals surface area contributed by atoms with Crippen LogP contribution >= 0.6 is 0 Å². The van der Waals surface area contributed by atoms with Crippen LogP contribution in [0.4, 0.5) is 0 Å². The summed E-state index contributed by atoms with van der Waals surface area (Å²) in [6.45, 7) is 5.27. The fraction of sp³-hybridized carbons (Fsp3) is 0.833. The van der Waals surface area contributed by atoms with Gasteiger partial charge in [0.1, 0.15) is 0 Å². The Bertz CT molecular complexity index is 159. The summed E-state index contributed by atoms with van der Waals surface area (Å²) in [5.41, 5.74) is 0. The van der Waals surface area contributed by atoms with E-state index < -0.39 is 0 Å². The zero-order chi connectivity index (χ0) is 10.6. The summed E-state index contributed by atoms with van der Waals surface area (Å²) in [6.07, 6.45) is 7.41. The van der Waals surface area contributed by atoms with Gasteiger partial charge in [0, 0.05) is 0 Å². The monoisotopic (exact) mass is 188 g/mol. The van der Waals surface area contributed by atoms with Gasteiger partial charge in [-0.15, -0.1) is 0 Å². The molecule has 0 aromatic heterocycles. The van der Waals surface area contributed by atoms with Gasteiger partial charge < -0.3 is 0 Å². The van der Waals surface area contributed by atoms with Crippen LogP contribution in [0.2, 0.25) is 0 Å². The predicted molar refractivity (Wildman–Crippen MR) is 62.3 cm³/mol. The van der Waals surface area contributed by atoms with E-state index in [1.165, 1.54) is 25.7 Å². The molecule has 0 aromatic rings. The number of rotatable bonds is 8. The van der Waals surface area contributed by atoms with Gasteiger partial charge in [0.05, 0.1) is 0 Å². The molecular weight excluding hydrogens is 167 g/mol. The zero-order valence-corrected chi connectivity index (χ0v) is 9.94.